The summed E-state index contributed by atoms with van der Waals surface area (Å²) < 4.78 is 0. The van der Waals surface area contributed by atoms with E-state index in [4.69, 9.17) is 5.11 Å². The Morgan fingerprint density at radius 2 is 1.95 bits per heavy atom. The van der Waals surface area contributed by atoms with Gasteiger partial charge in [-0.25, -0.2) is 4.79 Å². The molecule has 0 radical (unpaired) electrons. The first-order valence-electron chi connectivity index (χ1n) is 6.64. The van der Waals surface area contributed by atoms with E-state index in [-0.39, 0.29) is 0 Å². The Labute approximate surface area is 122 Å². The number of anilines is 1. The molecule has 0 aliphatic rings. The molecular weight excluding hydrogens is 264 g/mol. The standard InChI is InChI=1S/C17H14N2O2/c20-17(21)13-5-3-4-12(10-13)11-19-16-8-9-18-15-7-2-1-6-14(15)16/h1-10H,11H2,(H,18,19)(H,20,21). The first-order valence-corrected chi connectivity index (χ1v) is 6.64. The summed E-state index contributed by atoms with van der Waals surface area (Å²) in [5.41, 5.74) is 3.15. The first-order chi connectivity index (χ1) is 10.2. The van der Waals surface area contributed by atoms with Gasteiger partial charge in [0, 0.05) is 23.8 Å². The highest BCUT2D eigenvalue weighted by Gasteiger charge is 2.04. The van der Waals surface area contributed by atoms with Crippen molar-refractivity contribution in [1.82, 2.24) is 4.98 Å². The van der Waals surface area contributed by atoms with Crippen LogP contribution in [-0.2, 0) is 6.54 Å². The Morgan fingerprint density at radius 1 is 1.10 bits per heavy atom. The van der Waals surface area contributed by atoms with E-state index in [1.165, 1.54) is 0 Å². The van der Waals surface area contributed by atoms with Gasteiger partial charge < -0.3 is 10.4 Å². The number of carboxylic acid groups (broad SMARTS) is 1. The van der Waals surface area contributed by atoms with Gasteiger partial charge in [0.15, 0.2) is 0 Å². The Bertz CT molecular complexity index is 794. The molecule has 0 atom stereocenters. The molecule has 0 unspecified atom stereocenters. The van der Waals surface area contributed by atoms with Crippen LogP contribution in [0, 0.1) is 0 Å². The van der Waals surface area contributed by atoms with Crippen LogP contribution in [0.15, 0.2) is 60.8 Å². The Balaban J connectivity index is 1.84. The van der Waals surface area contributed by atoms with Crippen molar-refractivity contribution in [3.05, 3.63) is 71.9 Å². The average molecular weight is 278 g/mol. The number of hydrogen-bond acceptors (Lipinski definition) is 3. The zero-order chi connectivity index (χ0) is 14.7. The van der Waals surface area contributed by atoms with Crippen molar-refractivity contribution in [3.63, 3.8) is 0 Å². The zero-order valence-electron chi connectivity index (χ0n) is 11.3. The smallest absolute Gasteiger partial charge is 0.335 e. The van der Waals surface area contributed by atoms with E-state index >= 15 is 0 Å². The summed E-state index contributed by atoms with van der Waals surface area (Å²) >= 11 is 0. The van der Waals surface area contributed by atoms with Crippen molar-refractivity contribution in [2.75, 3.05) is 5.32 Å². The van der Waals surface area contributed by atoms with Gasteiger partial charge in [-0.2, -0.15) is 0 Å². The number of carboxylic acids is 1. The molecule has 0 bridgehead atoms. The second-order valence-corrected chi connectivity index (χ2v) is 4.73. The van der Waals surface area contributed by atoms with Gasteiger partial charge >= 0.3 is 5.97 Å². The molecule has 4 heteroatoms. The monoisotopic (exact) mass is 278 g/mol. The van der Waals surface area contributed by atoms with Gasteiger partial charge in [0.2, 0.25) is 0 Å². The SMILES string of the molecule is O=C(O)c1cccc(CNc2ccnc3ccccc23)c1. The van der Waals surface area contributed by atoms with Crippen LogP contribution in [0.5, 0.6) is 0 Å². The summed E-state index contributed by atoms with van der Waals surface area (Å²) in [7, 11) is 0. The van der Waals surface area contributed by atoms with Crippen LogP contribution in [0.25, 0.3) is 10.9 Å². The fourth-order valence-corrected chi connectivity index (χ4v) is 2.26. The highest BCUT2D eigenvalue weighted by Crippen LogP contribution is 2.21. The largest absolute Gasteiger partial charge is 0.478 e. The lowest BCUT2D eigenvalue weighted by Crippen LogP contribution is -2.03. The van der Waals surface area contributed by atoms with Crippen molar-refractivity contribution >= 4 is 22.6 Å². The van der Waals surface area contributed by atoms with E-state index < -0.39 is 5.97 Å². The second-order valence-electron chi connectivity index (χ2n) is 4.73. The minimum atomic E-state index is -0.911. The number of para-hydroxylation sites is 1. The van der Waals surface area contributed by atoms with E-state index in [2.05, 4.69) is 10.3 Å². The van der Waals surface area contributed by atoms with Crippen molar-refractivity contribution in [2.24, 2.45) is 0 Å². The maximum absolute atomic E-state index is 11.0. The van der Waals surface area contributed by atoms with Crippen LogP contribution in [0.2, 0.25) is 0 Å². The van der Waals surface area contributed by atoms with Gasteiger partial charge in [-0.1, -0.05) is 30.3 Å². The van der Waals surface area contributed by atoms with E-state index in [0.717, 1.165) is 22.2 Å². The number of aromatic carboxylic acids is 1. The molecule has 0 aliphatic carbocycles. The number of aromatic nitrogens is 1. The molecule has 0 amide bonds. The molecule has 2 N–H and O–H groups in total. The minimum absolute atomic E-state index is 0.300. The van der Waals surface area contributed by atoms with Crippen LogP contribution in [0.3, 0.4) is 0 Å². The molecular formula is C17H14N2O2. The number of hydrogen-bond donors (Lipinski definition) is 2. The van der Waals surface area contributed by atoms with Gasteiger partial charge in [-0.3, -0.25) is 4.98 Å². The topological polar surface area (TPSA) is 62.2 Å². The summed E-state index contributed by atoms with van der Waals surface area (Å²) in [5, 5.41) is 13.4. The number of benzene rings is 2. The molecule has 0 saturated carbocycles. The fraction of sp³-hybridized carbons (Fsp3) is 0.0588. The molecule has 3 rings (SSSR count). The van der Waals surface area contributed by atoms with Crippen LogP contribution in [0.4, 0.5) is 5.69 Å². The molecule has 4 nitrogen and oxygen atoms in total. The molecule has 21 heavy (non-hydrogen) atoms. The van der Waals surface area contributed by atoms with Gasteiger partial charge in [-0.05, 0) is 29.8 Å². The maximum atomic E-state index is 11.0. The third-order valence-electron chi connectivity index (χ3n) is 3.31. The van der Waals surface area contributed by atoms with Gasteiger partial charge in [-0.15, -0.1) is 0 Å². The molecule has 0 fully saturated rings. The molecule has 3 aromatic rings. The summed E-state index contributed by atoms with van der Waals surface area (Å²) in [6.07, 6.45) is 1.76. The van der Waals surface area contributed by atoms with Crippen molar-refractivity contribution in [2.45, 2.75) is 6.54 Å². The van der Waals surface area contributed by atoms with Crippen LogP contribution < -0.4 is 5.32 Å². The summed E-state index contributed by atoms with van der Waals surface area (Å²) in [6.45, 7) is 0.565. The van der Waals surface area contributed by atoms with Crippen molar-refractivity contribution < 1.29 is 9.90 Å². The van der Waals surface area contributed by atoms with Crippen molar-refractivity contribution in [1.29, 1.82) is 0 Å². The summed E-state index contributed by atoms with van der Waals surface area (Å²) in [4.78, 5) is 15.3. The Hall–Kier alpha value is -2.88. The Kier molecular flexibility index (Phi) is 3.51. The summed E-state index contributed by atoms with van der Waals surface area (Å²) in [5.74, 6) is -0.911. The predicted octanol–water partition coefficient (Wildman–Crippen LogP) is 3.55. The molecule has 2 aromatic carbocycles. The number of rotatable bonds is 4. The van der Waals surface area contributed by atoms with Gasteiger partial charge in [0.05, 0.1) is 11.1 Å². The number of carbonyl (C=O) groups is 1. The summed E-state index contributed by atoms with van der Waals surface area (Å²) in [6, 6.07) is 16.8. The van der Waals surface area contributed by atoms with E-state index in [1.54, 1.807) is 24.4 Å². The van der Waals surface area contributed by atoms with Crippen LogP contribution in [0.1, 0.15) is 15.9 Å². The number of nitrogens with one attached hydrogen (secondary N) is 1. The lowest BCUT2D eigenvalue weighted by atomic mass is 10.1. The van der Waals surface area contributed by atoms with Gasteiger partial charge in [0.1, 0.15) is 0 Å². The number of fused-ring (bicyclic) bond motifs is 1. The fourth-order valence-electron chi connectivity index (χ4n) is 2.26. The number of pyridine rings is 1. The Morgan fingerprint density at radius 3 is 2.81 bits per heavy atom. The zero-order valence-corrected chi connectivity index (χ0v) is 11.3. The molecule has 104 valence electrons. The molecule has 1 aromatic heterocycles. The highest BCUT2D eigenvalue weighted by molar-refractivity contribution is 5.91. The van der Waals surface area contributed by atoms with E-state index in [1.807, 2.05) is 36.4 Å². The first kappa shape index (κ1) is 13.1. The third-order valence-corrected chi connectivity index (χ3v) is 3.31. The third kappa shape index (κ3) is 2.84. The normalized spacial score (nSPS) is 10.5. The molecule has 1 heterocycles. The van der Waals surface area contributed by atoms with Gasteiger partial charge in [0.25, 0.3) is 0 Å². The molecule has 0 aliphatic heterocycles. The second kappa shape index (κ2) is 5.63. The van der Waals surface area contributed by atoms with Crippen LogP contribution in [-0.4, -0.2) is 16.1 Å². The van der Waals surface area contributed by atoms with E-state index in [0.29, 0.717) is 12.1 Å². The highest BCUT2D eigenvalue weighted by atomic mass is 16.4. The van der Waals surface area contributed by atoms with E-state index in [9.17, 15) is 4.79 Å². The quantitative estimate of drug-likeness (QED) is 0.766. The minimum Gasteiger partial charge on any atom is -0.478 e. The molecule has 0 spiro atoms. The maximum Gasteiger partial charge on any atom is 0.335 e. The lowest BCUT2D eigenvalue weighted by Gasteiger charge is -2.09. The average Bonchev–Trinajstić information content (AvgIpc) is 2.53. The lowest BCUT2D eigenvalue weighted by molar-refractivity contribution is 0.0697. The predicted molar refractivity (Wildman–Crippen MR) is 82.5 cm³/mol. The van der Waals surface area contributed by atoms with Crippen molar-refractivity contribution in [3.8, 4) is 0 Å². The number of nitrogens with zero attached hydrogens (tertiary/aromatic N) is 1. The molecule has 0 saturated heterocycles. The van der Waals surface area contributed by atoms with Crippen LogP contribution >= 0.6 is 0 Å².